The van der Waals surface area contributed by atoms with Crippen LogP contribution < -0.4 is 20.1 Å². The monoisotopic (exact) mass is 399 g/mol. The molecule has 29 heavy (non-hydrogen) atoms. The Morgan fingerprint density at radius 3 is 2.83 bits per heavy atom. The molecular formula is C20H18FN3O5. The number of urea groups is 1. The molecule has 1 unspecified atom stereocenters. The van der Waals surface area contributed by atoms with Crippen LogP contribution in [0.25, 0.3) is 0 Å². The highest BCUT2D eigenvalue weighted by Crippen LogP contribution is 2.33. The van der Waals surface area contributed by atoms with Gasteiger partial charge in [-0.25, -0.2) is 9.18 Å². The minimum absolute atomic E-state index is 0.00502. The topological polar surface area (TPSA) is 97.0 Å². The molecule has 2 aliphatic rings. The second kappa shape index (κ2) is 7.78. The third-order valence-electron chi connectivity index (χ3n) is 4.65. The zero-order valence-corrected chi connectivity index (χ0v) is 15.3. The van der Waals surface area contributed by atoms with E-state index >= 15 is 0 Å². The summed E-state index contributed by atoms with van der Waals surface area (Å²) in [5, 5.41) is 5.16. The first-order chi connectivity index (χ1) is 14.0. The molecule has 2 aliphatic heterocycles. The first-order valence-electron chi connectivity index (χ1n) is 9.05. The second-order valence-electron chi connectivity index (χ2n) is 6.71. The molecule has 0 aromatic heterocycles. The van der Waals surface area contributed by atoms with E-state index in [2.05, 4.69) is 10.6 Å². The number of fused-ring (bicyclic) bond motifs is 1. The van der Waals surface area contributed by atoms with Crippen molar-refractivity contribution in [1.29, 1.82) is 0 Å². The van der Waals surface area contributed by atoms with E-state index in [0.717, 1.165) is 10.5 Å². The molecule has 4 rings (SSSR count). The Kier molecular flexibility index (Phi) is 5.03. The SMILES string of the molecule is O=C(CCC1NC(=O)N(Cc2ccc3c(c2)OCO3)C1=O)Nc1cccc(F)c1. The predicted molar refractivity (Wildman–Crippen MR) is 99.7 cm³/mol. The summed E-state index contributed by atoms with van der Waals surface area (Å²) in [6.45, 7) is 0.231. The third kappa shape index (κ3) is 4.13. The lowest BCUT2D eigenvalue weighted by Crippen LogP contribution is -2.31. The highest BCUT2D eigenvalue weighted by Gasteiger charge is 2.38. The molecule has 0 aliphatic carbocycles. The molecule has 2 aromatic rings. The van der Waals surface area contributed by atoms with Crippen molar-refractivity contribution in [3.63, 3.8) is 0 Å². The summed E-state index contributed by atoms with van der Waals surface area (Å²) in [5.74, 6) is -0.0356. The van der Waals surface area contributed by atoms with E-state index in [9.17, 15) is 18.8 Å². The quantitative estimate of drug-likeness (QED) is 0.727. The van der Waals surface area contributed by atoms with Crippen LogP contribution in [0.5, 0.6) is 11.5 Å². The fraction of sp³-hybridized carbons (Fsp3) is 0.250. The van der Waals surface area contributed by atoms with Crippen LogP contribution in [0.3, 0.4) is 0 Å². The lowest BCUT2D eigenvalue weighted by Gasteiger charge is -2.13. The number of ether oxygens (including phenoxy) is 2. The molecule has 1 atom stereocenters. The Morgan fingerprint density at radius 1 is 1.17 bits per heavy atom. The molecule has 2 heterocycles. The van der Waals surface area contributed by atoms with Gasteiger partial charge in [0.15, 0.2) is 11.5 Å². The summed E-state index contributed by atoms with van der Waals surface area (Å²) in [6, 6.07) is 9.44. The molecule has 2 N–H and O–H groups in total. The van der Waals surface area contributed by atoms with Gasteiger partial charge in [-0.2, -0.15) is 0 Å². The first kappa shape index (κ1) is 18.7. The van der Waals surface area contributed by atoms with Crippen molar-refractivity contribution in [3.05, 3.63) is 53.8 Å². The lowest BCUT2D eigenvalue weighted by atomic mass is 10.1. The van der Waals surface area contributed by atoms with Gasteiger partial charge in [0.1, 0.15) is 11.9 Å². The Hall–Kier alpha value is -3.62. The van der Waals surface area contributed by atoms with Crippen molar-refractivity contribution in [1.82, 2.24) is 10.2 Å². The van der Waals surface area contributed by atoms with Crippen LogP contribution >= 0.6 is 0 Å². The number of halogens is 1. The number of carbonyl (C=O) groups is 3. The van der Waals surface area contributed by atoms with Gasteiger partial charge in [-0.1, -0.05) is 12.1 Å². The molecule has 4 amide bonds. The molecule has 1 fully saturated rings. The molecule has 2 aromatic carbocycles. The summed E-state index contributed by atoms with van der Waals surface area (Å²) in [4.78, 5) is 37.9. The Morgan fingerprint density at radius 2 is 2.00 bits per heavy atom. The van der Waals surface area contributed by atoms with Crippen molar-refractivity contribution in [2.75, 3.05) is 12.1 Å². The average molecular weight is 399 g/mol. The summed E-state index contributed by atoms with van der Waals surface area (Å²) < 4.78 is 23.7. The summed E-state index contributed by atoms with van der Waals surface area (Å²) >= 11 is 0. The van der Waals surface area contributed by atoms with E-state index < -0.39 is 23.8 Å². The molecule has 0 saturated carbocycles. The van der Waals surface area contributed by atoms with Gasteiger partial charge in [-0.3, -0.25) is 14.5 Å². The third-order valence-corrected chi connectivity index (χ3v) is 4.65. The zero-order valence-electron chi connectivity index (χ0n) is 15.3. The highest BCUT2D eigenvalue weighted by atomic mass is 19.1. The zero-order chi connectivity index (χ0) is 20.4. The van der Waals surface area contributed by atoms with Gasteiger partial charge >= 0.3 is 6.03 Å². The number of hydrogen-bond donors (Lipinski definition) is 2. The van der Waals surface area contributed by atoms with Crippen LogP contribution in [0, 0.1) is 5.82 Å². The number of amides is 4. The first-order valence-corrected chi connectivity index (χ1v) is 9.05. The van der Waals surface area contributed by atoms with Crippen molar-refractivity contribution in [2.24, 2.45) is 0 Å². The molecule has 0 spiro atoms. The van der Waals surface area contributed by atoms with E-state index in [1.165, 1.54) is 18.2 Å². The minimum atomic E-state index is -0.783. The summed E-state index contributed by atoms with van der Waals surface area (Å²) in [7, 11) is 0. The van der Waals surface area contributed by atoms with Crippen LogP contribution in [0.2, 0.25) is 0 Å². The van der Waals surface area contributed by atoms with Gasteiger partial charge in [-0.05, 0) is 42.3 Å². The molecule has 0 bridgehead atoms. The fourth-order valence-electron chi connectivity index (χ4n) is 3.21. The smallest absolute Gasteiger partial charge is 0.325 e. The van der Waals surface area contributed by atoms with Gasteiger partial charge < -0.3 is 20.1 Å². The molecule has 1 saturated heterocycles. The maximum atomic E-state index is 13.2. The van der Waals surface area contributed by atoms with Crippen LogP contribution in [0.15, 0.2) is 42.5 Å². The maximum absolute atomic E-state index is 13.2. The summed E-state index contributed by atoms with van der Waals surface area (Å²) in [5.41, 5.74) is 1.06. The largest absolute Gasteiger partial charge is 0.454 e. The van der Waals surface area contributed by atoms with E-state index in [0.29, 0.717) is 17.2 Å². The maximum Gasteiger partial charge on any atom is 0.325 e. The Balaban J connectivity index is 1.32. The van der Waals surface area contributed by atoms with Crippen LogP contribution in [0.4, 0.5) is 14.9 Å². The van der Waals surface area contributed by atoms with Crippen molar-refractivity contribution in [2.45, 2.75) is 25.4 Å². The van der Waals surface area contributed by atoms with Crippen molar-refractivity contribution in [3.8, 4) is 11.5 Å². The van der Waals surface area contributed by atoms with Gasteiger partial charge in [0.2, 0.25) is 12.7 Å². The molecular weight excluding hydrogens is 381 g/mol. The molecule has 150 valence electrons. The Bertz CT molecular complexity index is 980. The number of carbonyl (C=O) groups excluding carboxylic acids is 3. The minimum Gasteiger partial charge on any atom is -0.454 e. The number of benzene rings is 2. The van der Waals surface area contributed by atoms with Gasteiger partial charge in [0.25, 0.3) is 5.91 Å². The van der Waals surface area contributed by atoms with Crippen molar-refractivity contribution < 1.29 is 28.2 Å². The van der Waals surface area contributed by atoms with Gasteiger partial charge in [-0.15, -0.1) is 0 Å². The lowest BCUT2D eigenvalue weighted by molar-refractivity contribution is -0.128. The van der Waals surface area contributed by atoms with Gasteiger partial charge in [0, 0.05) is 12.1 Å². The van der Waals surface area contributed by atoms with E-state index in [1.54, 1.807) is 24.3 Å². The number of hydrogen-bond acceptors (Lipinski definition) is 5. The highest BCUT2D eigenvalue weighted by molar-refractivity contribution is 6.04. The van der Waals surface area contributed by atoms with Gasteiger partial charge in [0.05, 0.1) is 6.54 Å². The van der Waals surface area contributed by atoms with Crippen LogP contribution in [0.1, 0.15) is 18.4 Å². The second-order valence-corrected chi connectivity index (χ2v) is 6.71. The van der Waals surface area contributed by atoms with Crippen LogP contribution in [-0.2, 0) is 16.1 Å². The molecule has 9 heteroatoms. The van der Waals surface area contributed by atoms with Crippen LogP contribution in [-0.4, -0.2) is 35.6 Å². The van der Waals surface area contributed by atoms with Crippen molar-refractivity contribution >= 4 is 23.5 Å². The Labute approximate surface area is 165 Å². The van der Waals surface area contributed by atoms with E-state index in [4.69, 9.17) is 9.47 Å². The number of nitrogens with one attached hydrogen (secondary N) is 2. The number of imide groups is 1. The number of rotatable bonds is 6. The molecule has 8 nitrogen and oxygen atoms in total. The normalized spacial score (nSPS) is 17.4. The average Bonchev–Trinajstić information content (AvgIpc) is 3.26. The van der Waals surface area contributed by atoms with E-state index in [-0.39, 0.29) is 32.1 Å². The molecule has 0 radical (unpaired) electrons. The summed E-state index contributed by atoms with van der Waals surface area (Å²) in [6.07, 6.45) is 0.147. The standard InChI is InChI=1S/C20H18FN3O5/c21-13-2-1-3-14(9-13)22-18(25)7-5-15-19(26)24(20(27)23-15)10-12-4-6-16-17(8-12)29-11-28-16/h1-4,6,8-9,15H,5,7,10-11H2,(H,22,25)(H,23,27). The number of anilines is 1. The predicted octanol–water partition coefficient (Wildman–Crippen LogP) is 2.39. The number of nitrogens with zero attached hydrogens (tertiary/aromatic N) is 1. The van der Waals surface area contributed by atoms with E-state index in [1.807, 2.05) is 0 Å². The fourth-order valence-corrected chi connectivity index (χ4v) is 3.21.